The summed E-state index contributed by atoms with van der Waals surface area (Å²) in [6, 6.07) is 0. The van der Waals surface area contributed by atoms with E-state index in [1.54, 1.807) is 16.7 Å². The smallest absolute Gasteiger partial charge is 0.00218 e. The molecule has 128 valence electrons. The van der Waals surface area contributed by atoms with E-state index in [0.29, 0.717) is 11.8 Å². The second-order valence-electron chi connectivity index (χ2n) is 7.48. The van der Waals surface area contributed by atoms with Crippen molar-refractivity contribution in [3.05, 3.63) is 22.8 Å². The van der Waals surface area contributed by atoms with Crippen LogP contribution in [-0.2, 0) is 0 Å². The van der Waals surface area contributed by atoms with Crippen molar-refractivity contribution in [3.63, 3.8) is 0 Å². The van der Waals surface area contributed by atoms with Crippen LogP contribution in [0, 0.1) is 11.8 Å². The van der Waals surface area contributed by atoms with Crippen LogP contribution in [0.4, 0.5) is 0 Å². The van der Waals surface area contributed by atoms with E-state index in [1.165, 1.54) is 58.2 Å². The molecule has 0 unspecified atom stereocenters. The van der Waals surface area contributed by atoms with Crippen molar-refractivity contribution >= 4 is 0 Å². The van der Waals surface area contributed by atoms with Crippen molar-refractivity contribution in [2.45, 2.75) is 80.1 Å². The average Bonchev–Trinajstić information content (AvgIpc) is 2.90. The van der Waals surface area contributed by atoms with Crippen molar-refractivity contribution in [1.82, 2.24) is 4.90 Å². The first kappa shape index (κ1) is 19.5. The summed E-state index contributed by atoms with van der Waals surface area (Å²) >= 11 is 0. The van der Waals surface area contributed by atoms with Crippen LogP contribution in [0.5, 0.6) is 0 Å². The Balaban J connectivity index is 2.64. The summed E-state index contributed by atoms with van der Waals surface area (Å²) < 4.78 is 0. The lowest BCUT2D eigenvalue weighted by molar-refractivity contribution is 0.268. The molecule has 0 amide bonds. The number of unbranched alkanes of at least 4 members (excludes halogenated alkanes) is 2. The Bertz CT molecular complexity index is 365. The van der Waals surface area contributed by atoms with Crippen molar-refractivity contribution in [1.29, 1.82) is 0 Å². The van der Waals surface area contributed by atoms with Gasteiger partial charge in [0.05, 0.1) is 0 Å². The lowest BCUT2D eigenvalue weighted by Crippen LogP contribution is -2.27. The monoisotopic (exact) mass is 305 g/mol. The molecule has 1 aliphatic rings. The molecule has 0 saturated heterocycles. The van der Waals surface area contributed by atoms with E-state index in [1.807, 2.05) is 0 Å². The first-order chi connectivity index (χ1) is 10.5. The Morgan fingerprint density at radius 3 is 1.95 bits per heavy atom. The number of nitrogens with zero attached hydrogens (tertiary/aromatic N) is 1. The third-order valence-electron chi connectivity index (χ3n) is 4.89. The normalized spacial score (nSPS) is 15.6. The highest BCUT2D eigenvalue weighted by Crippen LogP contribution is 2.37. The van der Waals surface area contributed by atoms with Crippen molar-refractivity contribution in [3.8, 4) is 0 Å². The van der Waals surface area contributed by atoms with Crippen LogP contribution < -0.4 is 0 Å². The fraction of sp³-hybridized carbons (Fsp3) is 0.810. The Morgan fingerprint density at radius 1 is 0.909 bits per heavy atom. The predicted octanol–water partition coefficient (Wildman–Crippen LogP) is 6.22. The maximum atomic E-state index is 2.69. The Hall–Kier alpha value is -0.560. The molecule has 0 fully saturated rings. The number of rotatable bonds is 11. The first-order valence-corrected chi connectivity index (χ1v) is 9.65. The molecular formula is C21H39N. The minimum absolute atomic E-state index is 0.672. The maximum absolute atomic E-state index is 2.69. The van der Waals surface area contributed by atoms with Crippen LogP contribution in [0.15, 0.2) is 22.8 Å². The van der Waals surface area contributed by atoms with Crippen molar-refractivity contribution < 1.29 is 0 Å². The van der Waals surface area contributed by atoms with Gasteiger partial charge in [0.15, 0.2) is 0 Å². The van der Waals surface area contributed by atoms with Gasteiger partial charge in [-0.25, -0.2) is 0 Å². The lowest BCUT2D eigenvalue weighted by atomic mass is 9.88. The summed E-state index contributed by atoms with van der Waals surface area (Å²) in [5.74, 6) is 1.37. The summed E-state index contributed by atoms with van der Waals surface area (Å²) in [5.41, 5.74) is 5.02. The molecule has 1 heteroatoms. The van der Waals surface area contributed by atoms with Gasteiger partial charge < -0.3 is 4.90 Å². The molecule has 0 spiro atoms. The van der Waals surface area contributed by atoms with Crippen LogP contribution in [0.3, 0.4) is 0 Å². The Kier molecular flexibility index (Phi) is 9.09. The molecular weight excluding hydrogens is 266 g/mol. The number of hydrogen-bond donors (Lipinski definition) is 0. The first-order valence-electron chi connectivity index (χ1n) is 9.65. The van der Waals surface area contributed by atoms with Gasteiger partial charge in [-0.3, -0.25) is 0 Å². The van der Waals surface area contributed by atoms with Crippen LogP contribution >= 0.6 is 0 Å². The minimum atomic E-state index is 0.672. The molecule has 0 atom stereocenters. The molecule has 0 aliphatic heterocycles. The Morgan fingerprint density at radius 2 is 1.50 bits per heavy atom. The highest BCUT2D eigenvalue weighted by atomic mass is 15.1. The molecule has 1 nitrogen and oxygen atoms in total. The van der Waals surface area contributed by atoms with E-state index in [-0.39, 0.29) is 0 Å². The molecule has 0 N–H and O–H groups in total. The zero-order chi connectivity index (χ0) is 16.5. The summed E-state index contributed by atoms with van der Waals surface area (Å²) in [6.45, 7) is 17.8. The Labute approximate surface area is 139 Å². The molecule has 0 aromatic rings. The quantitative estimate of drug-likeness (QED) is 0.438. The van der Waals surface area contributed by atoms with Crippen LogP contribution in [0.2, 0.25) is 0 Å². The molecule has 22 heavy (non-hydrogen) atoms. The molecule has 0 bridgehead atoms. The fourth-order valence-electron chi connectivity index (χ4n) is 3.56. The zero-order valence-corrected chi connectivity index (χ0v) is 16.0. The van der Waals surface area contributed by atoms with Crippen LogP contribution in [-0.4, -0.2) is 24.5 Å². The highest BCUT2D eigenvalue weighted by Gasteiger charge is 2.22. The SMILES string of the molecule is CCCCN(CCCC)CCC1=CCC(C(C)C)=C1C(C)C. The van der Waals surface area contributed by atoms with Gasteiger partial charge >= 0.3 is 0 Å². The third kappa shape index (κ3) is 5.91. The third-order valence-corrected chi connectivity index (χ3v) is 4.89. The molecule has 1 rings (SSSR count). The van der Waals surface area contributed by atoms with Crippen molar-refractivity contribution in [2.75, 3.05) is 19.6 Å². The molecule has 0 aromatic carbocycles. The van der Waals surface area contributed by atoms with E-state index >= 15 is 0 Å². The molecule has 0 aromatic heterocycles. The van der Waals surface area contributed by atoms with Crippen molar-refractivity contribution in [2.24, 2.45) is 11.8 Å². The molecule has 1 aliphatic carbocycles. The van der Waals surface area contributed by atoms with E-state index < -0.39 is 0 Å². The van der Waals surface area contributed by atoms with Gasteiger partial charge in [-0.05, 0) is 61.8 Å². The van der Waals surface area contributed by atoms with E-state index in [4.69, 9.17) is 0 Å². The summed E-state index contributed by atoms with van der Waals surface area (Å²) in [6.07, 6.45) is 10.3. The van der Waals surface area contributed by atoms with Gasteiger partial charge in [0.25, 0.3) is 0 Å². The van der Waals surface area contributed by atoms with E-state index in [2.05, 4.69) is 52.5 Å². The van der Waals surface area contributed by atoms with E-state index in [0.717, 1.165) is 0 Å². The van der Waals surface area contributed by atoms with Gasteiger partial charge in [-0.2, -0.15) is 0 Å². The average molecular weight is 306 g/mol. The fourth-order valence-corrected chi connectivity index (χ4v) is 3.56. The van der Waals surface area contributed by atoms with Crippen LogP contribution in [0.25, 0.3) is 0 Å². The van der Waals surface area contributed by atoms with Gasteiger partial charge in [0.1, 0.15) is 0 Å². The number of hydrogen-bond acceptors (Lipinski definition) is 1. The van der Waals surface area contributed by atoms with Gasteiger partial charge in [-0.15, -0.1) is 0 Å². The van der Waals surface area contributed by atoms with E-state index in [9.17, 15) is 0 Å². The van der Waals surface area contributed by atoms with Crippen LogP contribution in [0.1, 0.15) is 80.1 Å². The lowest BCUT2D eigenvalue weighted by Gasteiger charge is -2.24. The topological polar surface area (TPSA) is 3.24 Å². The molecule has 0 radical (unpaired) electrons. The number of allylic oxidation sites excluding steroid dienone is 3. The second-order valence-corrected chi connectivity index (χ2v) is 7.48. The zero-order valence-electron chi connectivity index (χ0n) is 16.0. The summed E-state index contributed by atoms with van der Waals surface area (Å²) in [5, 5.41) is 0. The van der Waals surface area contributed by atoms with Gasteiger partial charge in [-0.1, -0.05) is 66.0 Å². The summed E-state index contributed by atoms with van der Waals surface area (Å²) in [4.78, 5) is 2.69. The molecule has 0 heterocycles. The standard InChI is InChI=1S/C21H39N/c1-7-9-14-22(15-10-8-2)16-13-19-11-12-20(17(3)4)21(19)18(5)6/h11,17-18H,7-10,12-16H2,1-6H3. The minimum Gasteiger partial charge on any atom is -0.303 e. The molecule has 0 saturated carbocycles. The van der Waals surface area contributed by atoms with Gasteiger partial charge in [0.2, 0.25) is 0 Å². The largest absolute Gasteiger partial charge is 0.303 e. The predicted molar refractivity (Wildman–Crippen MR) is 100 cm³/mol. The second kappa shape index (κ2) is 10.3. The maximum Gasteiger partial charge on any atom is 0.00218 e. The van der Waals surface area contributed by atoms with Gasteiger partial charge in [0, 0.05) is 6.54 Å². The summed E-state index contributed by atoms with van der Waals surface area (Å²) in [7, 11) is 0. The highest BCUT2D eigenvalue weighted by molar-refractivity contribution is 5.44.